The van der Waals surface area contributed by atoms with E-state index < -0.39 is 28.5 Å². The number of nitrogens with zero attached hydrogens (tertiary/aromatic N) is 4. The van der Waals surface area contributed by atoms with Gasteiger partial charge < -0.3 is 15.1 Å². The maximum atomic E-state index is 13.6. The Balaban J connectivity index is 1.48. The summed E-state index contributed by atoms with van der Waals surface area (Å²) in [4.78, 5) is 27.0. The van der Waals surface area contributed by atoms with Gasteiger partial charge in [-0.05, 0) is 95.1 Å². The zero-order valence-electron chi connectivity index (χ0n) is 26.7. The van der Waals surface area contributed by atoms with Crippen LogP contribution in [0.15, 0.2) is 35.4 Å². The van der Waals surface area contributed by atoms with Gasteiger partial charge in [-0.25, -0.2) is 14.7 Å². The minimum atomic E-state index is -4.32. The zero-order chi connectivity index (χ0) is 32.8. The van der Waals surface area contributed by atoms with E-state index in [4.69, 9.17) is 4.98 Å². The van der Waals surface area contributed by atoms with Crippen molar-refractivity contribution in [3.63, 3.8) is 0 Å². The molecule has 0 aliphatic carbocycles. The Hall–Kier alpha value is -2.93. The minimum absolute atomic E-state index is 0.000918. The fourth-order valence-electron chi connectivity index (χ4n) is 6.97. The van der Waals surface area contributed by atoms with Crippen LogP contribution >= 0.6 is 0 Å². The molecule has 248 valence electrons. The van der Waals surface area contributed by atoms with E-state index in [1.807, 2.05) is 25.7 Å². The van der Waals surface area contributed by atoms with Crippen LogP contribution in [0.1, 0.15) is 89.2 Å². The number of piperidine rings is 1. The lowest BCUT2D eigenvalue weighted by Crippen LogP contribution is -2.41. The molecule has 0 spiro atoms. The van der Waals surface area contributed by atoms with Crippen molar-refractivity contribution in [1.29, 1.82) is 0 Å². The predicted molar refractivity (Wildman–Crippen MR) is 168 cm³/mol. The van der Waals surface area contributed by atoms with Gasteiger partial charge in [-0.3, -0.25) is 4.79 Å². The van der Waals surface area contributed by atoms with Gasteiger partial charge in [0, 0.05) is 35.8 Å². The van der Waals surface area contributed by atoms with Crippen molar-refractivity contribution in [3.8, 4) is 0 Å². The Labute approximate surface area is 264 Å². The summed E-state index contributed by atoms with van der Waals surface area (Å²) < 4.78 is 67.6. The second-order valence-electron chi connectivity index (χ2n) is 14.5. The molecule has 0 radical (unpaired) electrons. The number of anilines is 2. The first-order valence-corrected chi connectivity index (χ1v) is 17.3. The number of rotatable bonds is 3. The first-order chi connectivity index (χ1) is 20.9. The van der Waals surface area contributed by atoms with Crippen LogP contribution in [0.5, 0.6) is 0 Å². The highest BCUT2D eigenvalue weighted by atomic mass is 32.2. The normalized spacial score (nSPS) is 24.6. The fraction of sp³-hybridized carbons (Fsp3) is 0.656. The first-order valence-electron chi connectivity index (χ1n) is 15.8. The smallest absolute Gasteiger partial charge is 0.367 e. The van der Waals surface area contributed by atoms with Crippen molar-refractivity contribution in [2.75, 3.05) is 36.4 Å². The molecule has 45 heavy (non-hydrogen) atoms. The van der Waals surface area contributed by atoms with Crippen molar-refractivity contribution in [1.82, 2.24) is 19.6 Å². The monoisotopic (exact) mass is 650 g/mol. The number of carbonyl (C=O) groups excluding carboxylic acids is 1. The van der Waals surface area contributed by atoms with Crippen molar-refractivity contribution in [2.24, 2.45) is 11.8 Å². The van der Waals surface area contributed by atoms with E-state index in [1.165, 1.54) is 6.07 Å². The molecule has 1 unspecified atom stereocenters. The number of halogens is 3. The van der Waals surface area contributed by atoms with Gasteiger partial charge in [0.2, 0.25) is 0 Å². The van der Waals surface area contributed by atoms with Crippen LogP contribution in [-0.2, 0) is 15.4 Å². The standard InChI is InChI=1S/C32H45F3N6O3S/c1-30(2,3)25-12-10-23-28(37-25)41-20-21(19-31(41,4)5)9-11-24(22-13-16-40(17-14-22)18-15-32(33,34)35)36-26-7-6-8-27(38-26)45(43,44)39-29(23)42/h6-8,10,12,21-22,24H,9,11,13-20H2,1-5H3,(H,36,38)(H,39,42)/t21-,24?/m0/s1. The summed E-state index contributed by atoms with van der Waals surface area (Å²) in [5.41, 5.74) is 0.371. The van der Waals surface area contributed by atoms with Crippen molar-refractivity contribution in [2.45, 2.75) is 101 Å². The van der Waals surface area contributed by atoms with Gasteiger partial charge in [-0.1, -0.05) is 26.8 Å². The molecule has 3 aliphatic heterocycles. The lowest BCUT2D eigenvalue weighted by atomic mass is 9.84. The van der Waals surface area contributed by atoms with Crippen LogP contribution in [-0.4, -0.2) is 73.1 Å². The first kappa shape index (κ1) is 33.4. The number of hydrogen-bond acceptors (Lipinski definition) is 8. The Bertz CT molecular complexity index is 1500. The second kappa shape index (κ2) is 12.4. The fourth-order valence-corrected chi connectivity index (χ4v) is 7.91. The summed E-state index contributed by atoms with van der Waals surface area (Å²) in [5, 5.41) is 3.21. The molecule has 0 saturated carbocycles. The SMILES string of the molecule is CC(C)(C)c1ccc2c(n1)N1C[C@@H](CCC(C3CCN(CCC(F)(F)F)CC3)Nc3cccc(n3)S(=O)(=O)NC2=O)CC1(C)C. The lowest BCUT2D eigenvalue weighted by molar-refractivity contribution is -0.138. The molecule has 4 bridgehead atoms. The van der Waals surface area contributed by atoms with Crippen LogP contribution in [0.25, 0.3) is 0 Å². The molecular formula is C32H45F3N6O3S. The number of sulfonamides is 1. The average molecular weight is 651 g/mol. The number of likely N-dealkylation sites (tertiary alicyclic amines) is 1. The highest BCUT2D eigenvalue weighted by molar-refractivity contribution is 7.90. The van der Waals surface area contributed by atoms with Crippen LogP contribution in [0, 0.1) is 11.8 Å². The van der Waals surface area contributed by atoms with Gasteiger partial charge in [0.1, 0.15) is 11.6 Å². The summed E-state index contributed by atoms with van der Waals surface area (Å²) in [6.07, 6.45) is -0.984. The van der Waals surface area contributed by atoms with E-state index >= 15 is 0 Å². The molecule has 1 amide bonds. The molecule has 2 atom stereocenters. The van der Waals surface area contributed by atoms with E-state index in [0.29, 0.717) is 37.2 Å². The summed E-state index contributed by atoms with van der Waals surface area (Å²) >= 11 is 0. The molecule has 2 aromatic rings. The molecule has 0 aromatic carbocycles. The molecule has 2 saturated heterocycles. The molecular weight excluding hydrogens is 605 g/mol. The van der Waals surface area contributed by atoms with E-state index in [9.17, 15) is 26.4 Å². The Morgan fingerprint density at radius 1 is 1.00 bits per heavy atom. The summed E-state index contributed by atoms with van der Waals surface area (Å²) in [6, 6.07) is 8.04. The number of alkyl halides is 3. The summed E-state index contributed by atoms with van der Waals surface area (Å²) in [5.74, 6) is 0.574. The number of nitrogens with one attached hydrogen (secondary N) is 2. The van der Waals surface area contributed by atoms with Gasteiger partial charge in [-0.15, -0.1) is 0 Å². The number of pyridine rings is 2. The number of carbonyl (C=O) groups is 1. The van der Waals surface area contributed by atoms with Crippen LogP contribution in [0.4, 0.5) is 24.8 Å². The van der Waals surface area contributed by atoms with Crippen LogP contribution in [0.3, 0.4) is 0 Å². The molecule has 5 heterocycles. The third kappa shape index (κ3) is 7.90. The maximum absolute atomic E-state index is 13.6. The molecule has 13 heteroatoms. The van der Waals surface area contributed by atoms with E-state index in [-0.39, 0.29) is 40.0 Å². The topological polar surface area (TPSA) is 108 Å². The average Bonchev–Trinajstić information content (AvgIpc) is 3.26. The Kier molecular flexibility index (Phi) is 9.18. The molecule has 3 aliphatic rings. The van der Waals surface area contributed by atoms with Crippen molar-refractivity contribution < 1.29 is 26.4 Å². The lowest BCUT2D eigenvalue weighted by Gasteiger charge is -2.37. The predicted octanol–water partition coefficient (Wildman–Crippen LogP) is 5.74. The van der Waals surface area contributed by atoms with Gasteiger partial charge >= 0.3 is 6.18 Å². The molecule has 2 N–H and O–H groups in total. The van der Waals surface area contributed by atoms with Crippen LogP contribution in [0.2, 0.25) is 0 Å². The number of hydrogen-bond donors (Lipinski definition) is 2. The van der Waals surface area contributed by atoms with Gasteiger partial charge in [-0.2, -0.15) is 21.6 Å². The van der Waals surface area contributed by atoms with Crippen molar-refractivity contribution >= 4 is 27.6 Å². The van der Waals surface area contributed by atoms with E-state index in [1.54, 1.807) is 24.3 Å². The van der Waals surface area contributed by atoms with Gasteiger partial charge in [0.25, 0.3) is 15.9 Å². The molecule has 2 fully saturated rings. The summed E-state index contributed by atoms with van der Waals surface area (Å²) in [6.45, 7) is 12.2. The van der Waals surface area contributed by atoms with Crippen molar-refractivity contribution in [3.05, 3.63) is 41.6 Å². The maximum Gasteiger partial charge on any atom is 0.390 e. The highest BCUT2D eigenvalue weighted by Crippen LogP contribution is 2.41. The third-order valence-electron chi connectivity index (χ3n) is 9.46. The minimum Gasteiger partial charge on any atom is -0.367 e. The molecule has 2 aromatic heterocycles. The third-order valence-corrected chi connectivity index (χ3v) is 10.7. The summed E-state index contributed by atoms with van der Waals surface area (Å²) in [7, 11) is -4.32. The zero-order valence-corrected chi connectivity index (χ0v) is 27.6. The van der Waals surface area contributed by atoms with Crippen LogP contribution < -0.4 is 14.9 Å². The Morgan fingerprint density at radius 3 is 2.38 bits per heavy atom. The van der Waals surface area contributed by atoms with Gasteiger partial charge in [0.15, 0.2) is 5.03 Å². The molecule has 5 rings (SSSR count). The van der Waals surface area contributed by atoms with E-state index in [0.717, 1.165) is 37.8 Å². The Morgan fingerprint density at radius 2 is 1.71 bits per heavy atom. The van der Waals surface area contributed by atoms with E-state index in [2.05, 4.69) is 33.8 Å². The second-order valence-corrected chi connectivity index (χ2v) is 16.1. The number of aromatic nitrogens is 2. The molecule has 9 nitrogen and oxygen atoms in total. The number of fused-ring (bicyclic) bond motifs is 6. The van der Waals surface area contributed by atoms with Gasteiger partial charge in [0.05, 0.1) is 12.0 Å². The quantitative estimate of drug-likeness (QED) is 0.434. The number of amides is 1. The highest BCUT2D eigenvalue weighted by Gasteiger charge is 2.42. The largest absolute Gasteiger partial charge is 0.390 e.